The van der Waals surface area contributed by atoms with Crippen molar-refractivity contribution < 1.29 is 10.0 Å². The zero-order valence-electron chi connectivity index (χ0n) is 16.1. The number of hydrogen-bond donors (Lipinski definition) is 2. The number of benzene rings is 3. The Labute approximate surface area is 176 Å². The van der Waals surface area contributed by atoms with Crippen molar-refractivity contribution in [3.63, 3.8) is 0 Å². The summed E-state index contributed by atoms with van der Waals surface area (Å²) >= 11 is 0. The van der Waals surface area contributed by atoms with E-state index in [1.807, 2.05) is 60.7 Å². The van der Waals surface area contributed by atoms with Gasteiger partial charge in [0, 0.05) is 28.8 Å². The lowest BCUT2D eigenvalue weighted by Gasteiger charge is -2.09. The monoisotopic (exact) mass is 412 g/mol. The highest BCUT2D eigenvalue weighted by Crippen LogP contribution is 2.28. The molecule has 1 aromatic heterocycles. The second kappa shape index (κ2) is 8.78. The quantitative estimate of drug-likeness (QED) is 0.275. The summed E-state index contributed by atoms with van der Waals surface area (Å²) in [5, 5.41) is 33.2. The molecule has 0 aliphatic rings. The maximum atomic E-state index is 10.9. The molecule has 152 valence electrons. The van der Waals surface area contributed by atoms with Crippen LogP contribution in [0, 0.1) is 10.1 Å². The molecule has 3 aromatic carbocycles. The van der Waals surface area contributed by atoms with Crippen LogP contribution in [0.1, 0.15) is 5.56 Å². The summed E-state index contributed by atoms with van der Waals surface area (Å²) < 4.78 is 0. The molecule has 0 saturated heterocycles. The fourth-order valence-corrected chi connectivity index (χ4v) is 2.88. The van der Waals surface area contributed by atoms with Crippen molar-refractivity contribution in [2.45, 2.75) is 0 Å². The van der Waals surface area contributed by atoms with Crippen LogP contribution in [0.3, 0.4) is 0 Å². The van der Waals surface area contributed by atoms with Crippen molar-refractivity contribution in [3.05, 3.63) is 94.5 Å². The Hall–Kier alpha value is -4.66. The van der Waals surface area contributed by atoms with Gasteiger partial charge in [-0.15, -0.1) is 10.2 Å². The summed E-state index contributed by atoms with van der Waals surface area (Å²) in [6.07, 6.45) is 1.25. The number of anilines is 1. The normalized spacial score (nSPS) is 10.8. The lowest BCUT2D eigenvalue weighted by Crippen LogP contribution is -2.03. The smallest absolute Gasteiger partial charge is 0.270 e. The number of aromatic nitrogens is 3. The third-order valence-electron chi connectivity index (χ3n) is 4.37. The number of hydrazone groups is 1. The first-order valence-corrected chi connectivity index (χ1v) is 9.24. The first kappa shape index (κ1) is 19.6. The van der Waals surface area contributed by atoms with Crippen LogP contribution in [0.25, 0.3) is 22.5 Å². The minimum atomic E-state index is -0.550. The van der Waals surface area contributed by atoms with Crippen LogP contribution in [0.4, 0.5) is 11.6 Å². The van der Waals surface area contributed by atoms with Gasteiger partial charge in [0.15, 0.2) is 0 Å². The molecule has 0 atom stereocenters. The van der Waals surface area contributed by atoms with E-state index in [1.54, 1.807) is 0 Å². The Morgan fingerprint density at radius 2 is 1.55 bits per heavy atom. The Morgan fingerprint density at radius 3 is 2.19 bits per heavy atom. The van der Waals surface area contributed by atoms with Crippen molar-refractivity contribution in [3.8, 4) is 28.3 Å². The maximum Gasteiger partial charge on any atom is 0.270 e. The molecule has 4 rings (SSSR count). The van der Waals surface area contributed by atoms with E-state index in [1.165, 1.54) is 24.4 Å². The highest BCUT2D eigenvalue weighted by molar-refractivity contribution is 5.85. The third kappa shape index (κ3) is 4.51. The first-order chi connectivity index (χ1) is 15.1. The second-order valence-electron chi connectivity index (χ2n) is 6.43. The molecule has 9 nitrogen and oxygen atoms in total. The molecule has 0 spiro atoms. The van der Waals surface area contributed by atoms with Crippen molar-refractivity contribution in [1.82, 2.24) is 15.2 Å². The van der Waals surface area contributed by atoms with Crippen LogP contribution in [0.5, 0.6) is 5.75 Å². The molecule has 0 unspecified atom stereocenters. The Kier molecular flexibility index (Phi) is 5.57. The van der Waals surface area contributed by atoms with Crippen molar-refractivity contribution >= 4 is 17.9 Å². The molecule has 0 aliphatic carbocycles. The molecule has 2 N–H and O–H groups in total. The molecule has 9 heteroatoms. The summed E-state index contributed by atoms with van der Waals surface area (Å²) in [5.74, 6) is -0.000650. The number of nitro benzene ring substituents is 1. The average molecular weight is 412 g/mol. The van der Waals surface area contributed by atoms with E-state index in [4.69, 9.17) is 0 Å². The van der Waals surface area contributed by atoms with Crippen LogP contribution in [-0.4, -0.2) is 31.4 Å². The Morgan fingerprint density at radius 1 is 0.903 bits per heavy atom. The van der Waals surface area contributed by atoms with E-state index >= 15 is 0 Å². The van der Waals surface area contributed by atoms with E-state index < -0.39 is 4.92 Å². The second-order valence-corrected chi connectivity index (χ2v) is 6.43. The van der Waals surface area contributed by atoms with E-state index in [0.717, 1.165) is 11.1 Å². The number of phenolic OH excluding ortho intramolecular Hbond substituents is 1. The van der Waals surface area contributed by atoms with Crippen LogP contribution in [0.15, 0.2) is 84.0 Å². The fourth-order valence-electron chi connectivity index (χ4n) is 2.88. The molecular formula is C22H16N6O3. The zero-order chi connectivity index (χ0) is 21.6. The average Bonchev–Trinajstić information content (AvgIpc) is 2.81. The summed E-state index contributed by atoms with van der Waals surface area (Å²) in [4.78, 5) is 14.9. The van der Waals surface area contributed by atoms with Gasteiger partial charge in [0.05, 0.1) is 11.1 Å². The van der Waals surface area contributed by atoms with Crippen LogP contribution >= 0.6 is 0 Å². The summed E-state index contributed by atoms with van der Waals surface area (Å²) in [6, 6.07) is 22.8. The molecule has 0 fully saturated rings. The van der Waals surface area contributed by atoms with Gasteiger partial charge in [-0.05, 0) is 6.07 Å². The van der Waals surface area contributed by atoms with Crippen LogP contribution in [0.2, 0.25) is 0 Å². The van der Waals surface area contributed by atoms with Crippen molar-refractivity contribution in [2.75, 3.05) is 5.43 Å². The van der Waals surface area contributed by atoms with Crippen LogP contribution in [-0.2, 0) is 0 Å². The zero-order valence-corrected chi connectivity index (χ0v) is 16.1. The molecule has 0 saturated carbocycles. The van der Waals surface area contributed by atoms with Gasteiger partial charge in [0.25, 0.3) is 11.6 Å². The molecule has 0 amide bonds. The van der Waals surface area contributed by atoms with Crippen LogP contribution < -0.4 is 5.43 Å². The van der Waals surface area contributed by atoms with Crippen molar-refractivity contribution in [1.29, 1.82) is 0 Å². The van der Waals surface area contributed by atoms with Crippen molar-refractivity contribution in [2.24, 2.45) is 5.10 Å². The Bertz CT molecular complexity index is 1250. The third-order valence-corrected chi connectivity index (χ3v) is 4.37. The Balaban J connectivity index is 1.65. The number of non-ortho nitro benzene ring substituents is 1. The highest BCUT2D eigenvalue weighted by Gasteiger charge is 2.13. The molecule has 0 aliphatic heterocycles. The summed E-state index contributed by atoms with van der Waals surface area (Å²) in [6.45, 7) is 0. The predicted molar refractivity (Wildman–Crippen MR) is 117 cm³/mol. The molecule has 1 heterocycles. The van der Waals surface area contributed by atoms with Gasteiger partial charge in [0.1, 0.15) is 17.1 Å². The van der Waals surface area contributed by atoms with Gasteiger partial charge in [-0.3, -0.25) is 10.1 Å². The first-order valence-electron chi connectivity index (χ1n) is 9.24. The molecule has 0 radical (unpaired) electrons. The van der Waals surface area contributed by atoms with E-state index in [9.17, 15) is 15.2 Å². The predicted octanol–water partition coefficient (Wildman–Crippen LogP) is 4.27. The topological polar surface area (TPSA) is 126 Å². The van der Waals surface area contributed by atoms with Gasteiger partial charge in [-0.1, -0.05) is 60.7 Å². The van der Waals surface area contributed by atoms with E-state index in [2.05, 4.69) is 25.7 Å². The number of aromatic hydroxyl groups is 1. The van der Waals surface area contributed by atoms with Gasteiger partial charge in [-0.2, -0.15) is 5.10 Å². The number of nitrogens with zero attached hydrogens (tertiary/aromatic N) is 5. The lowest BCUT2D eigenvalue weighted by atomic mass is 10.0. The van der Waals surface area contributed by atoms with Gasteiger partial charge in [0.2, 0.25) is 0 Å². The maximum absolute atomic E-state index is 10.9. The number of hydrogen-bond acceptors (Lipinski definition) is 8. The number of nitro groups is 1. The van der Waals surface area contributed by atoms with E-state index in [0.29, 0.717) is 11.4 Å². The minimum absolute atomic E-state index is 0.139. The molecular weight excluding hydrogens is 396 g/mol. The standard InChI is InChI=1S/C22H16N6O3/c29-19-12-11-18(28(30)31)13-17(19)14-23-26-22-24-20(15-7-3-1-4-8-15)21(25-27-22)16-9-5-2-6-10-16/h1-14,29H,(H,24,26,27)/b23-14+. The molecule has 4 aromatic rings. The number of nitrogens with one attached hydrogen (secondary N) is 1. The van der Waals surface area contributed by atoms with Gasteiger partial charge in [-0.25, -0.2) is 10.4 Å². The summed E-state index contributed by atoms with van der Waals surface area (Å²) in [7, 11) is 0. The number of rotatable bonds is 6. The molecule has 31 heavy (non-hydrogen) atoms. The lowest BCUT2D eigenvalue weighted by molar-refractivity contribution is -0.384. The minimum Gasteiger partial charge on any atom is -0.507 e. The molecule has 0 bridgehead atoms. The van der Waals surface area contributed by atoms with Gasteiger partial charge < -0.3 is 5.11 Å². The fraction of sp³-hybridized carbons (Fsp3) is 0. The van der Waals surface area contributed by atoms with Gasteiger partial charge >= 0.3 is 0 Å². The number of phenols is 1. The SMILES string of the molecule is O=[N+]([O-])c1ccc(O)c(/C=N/Nc2nnc(-c3ccccc3)c(-c3ccccc3)n2)c1. The largest absolute Gasteiger partial charge is 0.507 e. The van der Waals surface area contributed by atoms with E-state index in [-0.39, 0.29) is 22.9 Å². The summed E-state index contributed by atoms with van der Waals surface area (Å²) in [5.41, 5.74) is 5.66. The highest BCUT2D eigenvalue weighted by atomic mass is 16.6.